The van der Waals surface area contributed by atoms with Gasteiger partial charge in [0, 0.05) is 0 Å². The molecule has 0 spiro atoms. The fraction of sp³-hybridized carbons (Fsp3) is 0.429. The zero-order chi connectivity index (χ0) is 12.8. The fourth-order valence-corrected chi connectivity index (χ4v) is 1.72. The summed E-state index contributed by atoms with van der Waals surface area (Å²) in [6, 6.07) is 0. The van der Waals surface area contributed by atoms with Crippen molar-refractivity contribution in [3.8, 4) is 0 Å². The van der Waals surface area contributed by atoms with Gasteiger partial charge in [-0.25, -0.2) is 0 Å². The zero-order valence-corrected chi connectivity index (χ0v) is 10.5. The maximum Gasteiger partial charge on any atom is 0.313 e. The second kappa shape index (κ2) is 6.18. The van der Waals surface area contributed by atoms with E-state index in [1.807, 2.05) is 44.2 Å². The molecule has 0 amide bonds. The van der Waals surface area contributed by atoms with Crippen LogP contribution < -0.4 is 0 Å². The molecule has 1 rings (SSSR count). The third kappa shape index (κ3) is 3.70. The predicted molar refractivity (Wildman–Crippen MR) is 66.4 cm³/mol. The number of cyclic esters (lactones) is 1. The Morgan fingerprint density at radius 1 is 1.29 bits per heavy atom. The minimum Gasteiger partial charge on any atom is -0.457 e. The van der Waals surface area contributed by atoms with Gasteiger partial charge in [0.2, 0.25) is 0 Å². The first-order chi connectivity index (χ1) is 8.06. The number of rotatable bonds is 3. The summed E-state index contributed by atoms with van der Waals surface area (Å²) >= 11 is 0. The molecule has 92 valence electrons. The number of allylic oxidation sites excluding steroid dienone is 5. The van der Waals surface area contributed by atoms with Crippen LogP contribution in [-0.2, 0) is 14.3 Å². The molecule has 3 nitrogen and oxygen atoms in total. The van der Waals surface area contributed by atoms with E-state index < -0.39 is 12.1 Å². The molecule has 0 aliphatic carbocycles. The van der Waals surface area contributed by atoms with Crippen LogP contribution in [0.5, 0.6) is 0 Å². The van der Waals surface area contributed by atoms with Gasteiger partial charge < -0.3 is 4.74 Å². The van der Waals surface area contributed by atoms with Crippen LogP contribution in [-0.4, -0.2) is 17.9 Å². The SMILES string of the molecule is C/C=C/C=C/C=C(\C)[C@H]1OC(=O)CC(=O)[C@H]1C. The normalized spacial score (nSPS) is 26.9. The number of ether oxygens (including phenoxy) is 1. The minimum atomic E-state index is -0.428. The van der Waals surface area contributed by atoms with Crippen LogP contribution in [0.1, 0.15) is 27.2 Å². The maximum absolute atomic E-state index is 11.5. The number of Topliss-reactive ketones (excluding diaryl/α,β-unsaturated/α-hetero) is 1. The van der Waals surface area contributed by atoms with Gasteiger partial charge in [-0.3, -0.25) is 9.59 Å². The first kappa shape index (κ1) is 13.4. The largest absolute Gasteiger partial charge is 0.457 e. The number of hydrogen-bond donors (Lipinski definition) is 0. The van der Waals surface area contributed by atoms with E-state index in [1.54, 1.807) is 6.92 Å². The Kier molecular flexibility index (Phi) is 4.88. The van der Waals surface area contributed by atoms with Crippen LogP contribution >= 0.6 is 0 Å². The van der Waals surface area contributed by atoms with Crippen LogP contribution in [0, 0.1) is 5.92 Å². The first-order valence-corrected chi connectivity index (χ1v) is 5.74. The molecule has 0 N–H and O–H groups in total. The van der Waals surface area contributed by atoms with Crippen molar-refractivity contribution in [2.24, 2.45) is 5.92 Å². The third-order valence-corrected chi connectivity index (χ3v) is 2.76. The van der Waals surface area contributed by atoms with E-state index in [4.69, 9.17) is 4.74 Å². The summed E-state index contributed by atoms with van der Waals surface area (Å²) in [6.45, 7) is 5.60. The van der Waals surface area contributed by atoms with E-state index >= 15 is 0 Å². The smallest absolute Gasteiger partial charge is 0.313 e. The summed E-state index contributed by atoms with van der Waals surface area (Å²) in [7, 11) is 0. The van der Waals surface area contributed by atoms with E-state index in [9.17, 15) is 9.59 Å². The Morgan fingerprint density at radius 3 is 2.65 bits per heavy atom. The first-order valence-electron chi connectivity index (χ1n) is 5.74. The highest BCUT2D eigenvalue weighted by atomic mass is 16.5. The van der Waals surface area contributed by atoms with Crippen molar-refractivity contribution in [2.45, 2.75) is 33.3 Å². The van der Waals surface area contributed by atoms with E-state index in [1.165, 1.54) is 0 Å². The van der Waals surface area contributed by atoms with Crippen LogP contribution in [0.25, 0.3) is 0 Å². The molecule has 0 aromatic carbocycles. The molecule has 0 aromatic rings. The van der Waals surface area contributed by atoms with Crippen molar-refractivity contribution in [3.63, 3.8) is 0 Å². The highest BCUT2D eigenvalue weighted by Crippen LogP contribution is 2.23. The van der Waals surface area contributed by atoms with E-state index in [0.717, 1.165) is 5.57 Å². The molecule has 1 fully saturated rings. The average molecular weight is 234 g/mol. The monoisotopic (exact) mass is 234 g/mol. The van der Waals surface area contributed by atoms with Crippen molar-refractivity contribution in [1.29, 1.82) is 0 Å². The molecule has 3 heteroatoms. The molecule has 0 aromatic heterocycles. The van der Waals surface area contributed by atoms with Crippen molar-refractivity contribution < 1.29 is 14.3 Å². The topological polar surface area (TPSA) is 43.4 Å². The zero-order valence-electron chi connectivity index (χ0n) is 10.5. The lowest BCUT2D eigenvalue weighted by molar-refractivity contribution is -0.159. The molecule has 0 saturated carbocycles. The lowest BCUT2D eigenvalue weighted by Gasteiger charge is -2.28. The second-order valence-corrected chi connectivity index (χ2v) is 4.16. The molecule has 1 saturated heterocycles. The van der Waals surface area contributed by atoms with Crippen LogP contribution in [0.3, 0.4) is 0 Å². The van der Waals surface area contributed by atoms with E-state index in [2.05, 4.69) is 0 Å². The summed E-state index contributed by atoms with van der Waals surface area (Å²) in [5, 5.41) is 0. The molecule has 0 bridgehead atoms. The van der Waals surface area contributed by atoms with Crippen molar-refractivity contribution >= 4 is 11.8 Å². The molecule has 0 unspecified atom stereocenters. The number of carbonyl (C=O) groups excluding carboxylic acids is 2. The Morgan fingerprint density at radius 2 is 2.00 bits per heavy atom. The van der Waals surface area contributed by atoms with Crippen molar-refractivity contribution in [2.75, 3.05) is 0 Å². The van der Waals surface area contributed by atoms with Gasteiger partial charge in [0.05, 0.1) is 5.92 Å². The molecular weight excluding hydrogens is 216 g/mol. The number of ketones is 1. The van der Waals surface area contributed by atoms with Crippen LogP contribution in [0.15, 0.2) is 36.0 Å². The summed E-state index contributed by atoms with van der Waals surface area (Å²) in [5.74, 6) is -0.723. The number of hydrogen-bond acceptors (Lipinski definition) is 3. The maximum atomic E-state index is 11.5. The molecule has 1 aliphatic rings. The van der Waals surface area contributed by atoms with Crippen LogP contribution in [0.2, 0.25) is 0 Å². The Balaban J connectivity index is 2.76. The van der Waals surface area contributed by atoms with Gasteiger partial charge in [-0.2, -0.15) is 0 Å². The molecule has 1 aliphatic heterocycles. The Hall–Kier alpha value is -1.64. The van der Waals surface area contributed by atoms with Gasteiger partial charge in [0.1, 0.15) is 12.5 Å². The van der Waals surface area contributed by atoms with Gasteiger partial charge in [-0.1, -0.05) is 37.3 Å². The number of carbonyl (C=O) groups is 2. The highest BCUT2D eigenvalue weighted by molar-refractivity contribution is 5.99. The summed E-state index contributed by atoms with van der Waals surface area (Å²) in [4.78, 5) is 22.7. The summed E-state index contributed by atoms with van der Waals surface area (Å²) < 4.78 is 5.21. The average Bonchev–Trinajstić information content (AvgIpc) is 2.29. The van der Waals surface area contributed by atoms with Crippen LogP contribution in [0.4, 0.5) is 0 Å². The van der Waals surface area contributed by atoms with Gasteiger partial charge in [0.15, 0.2) is 5.78 Å². The molecular formula is C14H18O3. The van der Waals surface area contributed by atoms with Crippen molar-refractivity contribution in [3.05, 3.63) is 36.0 Å². The lowest BCUT2D eigenvalue weighted by Crippen LogP contribution is -2.38. The van der Waals surface area contributed by atoms with Gasteiger partial charge in [0.25, 0.3) is 0 Å². The molecule has 0 radical (unpaired) electrons. The van der Waals surface area contributed by atoms with E-state index in [-0.39, 0.29) is 18.1 Å². The lowest BCUT2D eigenvalue weighted by atomic mass is 9.90. The second-order valence-electron chi connectivity index (χ2n) is 4.16. The standard InChI is InChI=1S/C14H18O3/c1-4-5-6-7-8-10(2)14-11(3)12(15)9-13(16)17-14/h4-8,11,14H,9H2,1-3H3/b5-4+,7-6+,10-8+/t11-,14-/m1/s1. The quantitative estimate of drug-likeness (QED) is 0.428. The minimum absolute atomic E-state index is 0.0450. The predicted octanol–water partition coefficient (Wildman–Crippen LogP) is 2.59. The number of esters is 1. The highest BCUT2D eigenvalue weighted by Gasteiger charge is 2.34. The summed E-state index contributed by atoms with van der Waals surface area (Å²) in [6.07, 6.45) is 8.94. The Bertz CT molecular complexity index is 388. The molecule has 1 heterocycles. The van der Waals surface area contributed by atoms with Crippen molar-refractivity contribution in [1.82, 2.24) is 0 Å². The van der Waals surface area contributed by atoms with Gasteiger partial charge >= 0.3 is 5.97 Å². The van der Waals surface area contributed by atoms with Gasteiger partial charge in [-0.05, 0) is 19.4 Å². The molecule has 2 atom stereocenters. The summed E-state index contributed by atoms with van der Waals surface area (Å²) in [5.41, 5.74) is 0.889. The third-order valence-electron chi connectivity index (χ3n) is 2.76. The van der Waals surface area contributed by atoms with E-state index in [0.29, 0.717) is 0 Å². The molecule has 17 heavy (non-hydrogen) atoms. The Labute approximate surface area is 102 Å². The fourth-order valence-electron chi connectivity index (χ4n) is 1.72. The van der Waals surface area contributed by atoms with Gasteiger partial charge in [-0.15, -0.1) is 0 Å².